The molecular formula is C13H13N3O3. The number of carbonyl (C=O) groups is 1. The van der Waals surface area contributed by atoms with Crippen LogP contribution in [0.15, 0.2) is 36.7 Å². The summed E-state index contributed by atoms with van der Waals surface area (Å²) in [7, 11) is 0. The zero-order valence-electron chi connectivity index (χ0n) is 10.00. The molecule has 19 heavy (non-hydrogen) atoms. The molecule has 0 saturated carbocycles. The van der Waals surface area contributed by atoms with Crippen LogP contribution in [0.4, 0.5) is 5.69 Å². The van der Waals surface area contributed by atoms with Gasteiger partial charge in [-0.2, -0.15) is 0 Å². The first-order valence-electron chi connectivity index (χ1n) is 5.56. The highest BCUT2D eigenvalue weighted by molar-refractivity contribution is 5.96. The molecule has 6 heteroatoms. The maximum atomic E-state index is 11.8. The van der Waals surface area contributed by atoms with Crippen molar-refractivity contribution in [3.8, 4) is 11.5 Å². The van der Waals surface area contributed by atoms with Crippen molar-refractivity contribution in [1.82, 2.24) is 10.3 Å². The average Bonchev–Trinajstić information content (AvgIpc) is 2.40. The number of nitrogens with two attached hydrogens (primary N) is 1. The van der Waals surface area contributed by atoms with Crippen LogP contribution < -0.4 is 11.1 Å². The Balaban J connectivity index is 2.09. The normalized spacial score (nSPS) is 10.1. The number of phenols is 1. The molecule has 1 heterocycles. The van der Waals surface area contributed by atoms with E-state index in [0.717, 1.165) is 0 Å². The van der Waals surface area contributed by atoms with Gasteiger partial charge in [-0.05, 0) is 24.3 Å². The molecule has 0 bridgehead atoms. The van der Waals surface area contributed by atoms with Gasteiger partial charge in [0.1, 0.15) is 11.5 Å². The number of aromatic nitrogens is 1. The minimum absolute atomic E-state index is 0.0495. The van der Waals surface area contributed by atoms with E-state index in [4.69, 9.17) is 5.73 Å². The number of pyridine rings is 1. The number of rotatable bonds is 3. The fourth-order valence-corrected chi connectivity index (χ4v) is 1.60. The van der Waals surface area contributed by atoms with E-state index < -0.39 is 5.91 Å². The van der Waals surface area contributed by atoms with Crippen molar-refractivity contribution in [2.75, 3.05) is 5.73 Å². The summed E-state index contributed by atoms with van der Waals surface area (Å²) < 4.78 is 0. The second-order valence-corrected chi connectivity index (χ2v) is 3.96. The Morgan fingerprint density at radius 1 is 1.26 bits per heavy atom. The Morgan fingerprint density at radius 2 is 2.05 bits per heavy atom. The third-order valence-electron chi connectivity index (χ3n) is 2.59. The smallest absolute Gasteiger partial charge is 0.255 e. The Labute approximate surface area is 109 Å². The first-order valence-corrected chi connectivity index (χ1v) is 5.56. The van der Waals surface area contributed by atoms with Crippen LogP contribution in [0, 0.1) is 0 Å². The highest BCUT2D eigenvalue weighted by Crippen LogP contribution is 2.20. The van der Waals surface area contributed by atoms with E-state index in [2.05, 4.69) is 10.3 Å². The number of benzene rings is 1. The van der Waals surface area contributed by atoms with E-state index in [9.17, 15) is 15.0 Å². The molecule has 5 N–H and O–H groups in total. The van der Waals surface area contributed by atoms with E-state index in [1.165, 1.54) is 24.5 Å². The summed E-state index contributed by atoms with van der Waals surface area (Å²) in [5.41, 5.74) is 6.72. The largest absolute Gasteiger partial charge is 0.508 e. The number of nitrogens with one attached hydrogen (secondary N) is 1. The quantitative estimate of drug-likeness (QED) is 0.486. The topological polar surface area (TPSA) is 108 Å². The zero-order chi connectivity index (χ0) is 13.8. The SMILES string of the molecule is Nc1ccc(O)c(CNC(=O)c2ccncc2O)c1. The Bertz CT molecular complexity index is 614. The molecule has 1 amide bonds. The Morgan fingerprint density at radius 3 is 2.79 bits per heavy atom. The van der Waals surface area contributed by atoms with Gasteiger partial charge in [-0.3, -0.25) is 9.78 Å². The number of nitrogens with zero attached hydrogens (tertiary/aromatic N) is 1. The maximum absolute atomic E-state index is 11.8. The predicted octanol–water partition coefficient (Wildman–Crippen LogP) is 1.01. The van der Waals surface area contributed by atoms with Gasteiger partial charge < -0.3 is 21.3 Å². The van der Waals surface area contributed by atoms with E-state index in [0.29, 0.717) is 11.3 Å². The standard InChI is InChI=1S/C13H13N3O3/c14-9-1-2-11(17)8(5-9)6-16-13(19)10-3-4-15-7-12(10)18/h1-5,7,17-18H,6,14H2,(H,16,19). The molecule has 0 aliphatic heterocycles. The number of amides is 1. The molecule has 0 aliphatic carbocycles. The fraction of sp³-hybridized carbons (Fsp3) is 0.0769. The molecule has 0 fully saturated rings. The number of hydrogen-bond acceptors (Lipinski definition) is 5. The predicted molar refractivity (Wildman–Crippen MR) is 69.6 cm³/mol. The third kappa shape index (κ3) is 2.92. The van der Waals surface area contributed by atoms with Crippen molar-refractivity contribution in [3.63, 3.8) is 0 Å². The van der Waals surface area contributed by atoms with Crippen molar-refractivity contribution in [1.29, 1.82) is 0 Å². The van der Waals surface area contributed by atoms with Gasteiger partial charge in [-0.15, -0.1) is 0 Å². The van der Waals surface area contributed by atoms with Crippen LogP contribution in [0.1, 0.15) is 15.9 Å². The van der Waals surface area contributed by atoms with Crippen LogP contribution in [-0.2, 0) is 6.54 Å². The molecule has 2 aromatic rings. The van der Waals surface area contributed by atoms with E-state index in [1.807, 2.05) is 0 Å². The summed E-state index contributed by atoms with van der Waals surface area (Å²) in [6.07, 6.45) is 2.60. The summed E-state index contributed by atoms with van der Waals surface area (Å²) in [6, 6.07) is 6.00. The molecule has 1 aromatic heterocycles. The summed E-state index contributed by atoms with van der Waals surface area (Å²) >= 11 is 0. The van der Waals surface area contributed by atoms with Crippen LogP contribution in [0.3, 0.4) is 0 Å². The van der Waals surface area contributed by atoms with Gasteiger partial charge in [0.2, 0.25) is 0 Å². The molecule has 0 atom stereocenters. The van der Waals surface area contributed by atoms with E-state index in [1.54, 1.807) is 12.1 Å². The van der Waals surface area contributed by atoms with Crippen molar-refractivity contribution in [2.24, 2.45) is 0 Å². The van der Waals surface area contributed by atoms with E-state index in [-0.39, 0.29) is 23.6 Å². The number of carbonyl (C=O) groups excluding carboxylic acids is 1. The second kappa shape index (κ2) is 5.26. The Hall–Kier alpha value is -2.76. The lowest BCUT2D eigenvalue weighted by Crippen LogP contribution is -2.23. The average molecular weight is 259 g/mol. The summed E-state index contributed by atoms with van der Waals surface area (Å²) in [6.45, 7) is 0.109. The van der Waals surface area contributed by atoms with Crippen LogP contribution in [0.2, 0.25) is 0 Å². The second-order valence-electron chi connectivity index (χ2n) is 3.96. The van der Waals surface area contributed by atoms with Crippen molar-refractivity contribution < 1.29 is 15.0 Å². The molecule has 0 aliphatic rings. The van der Waals surface area contributed by atoms with Crippen LogP contribution in [-0.4, -0.2) is 21.1 Å². The van der Waals surface area contributed by atoms with Gasteiger partial charge in [0.25, 0.3) is 5.91 Å². The van der Waals surface area contributed by atoms with Crippen LogP contribution in [0.5, 0.6) is 11.5 Å². The third-order valence-corrected chi connectivity index (χ3v) is 2.59. The summed E-state index contributed by atoms with van der Waals surface area (Å²) in [5, 5.41) is 21.7. The van der Waals surface area contributed by atoms with Crippen molar-refractivity contribution in [2.45, 2.75) is 6.54 Å². The maximum Gasteiger partial charge on any atom is 0.255 e. The van der Waals surface area contributed by atoms with Gasteiger partial charge >= 0.3 is 0 Å². The lowest BCUT2D eigenvalue weighted by molar-refractivity contribution is 0.0948. The summed E-state index contributed by atoms with van der Waals surface area (Å²) in [4.78, 5) is 15.5. The summed E-state index contributed by atoms with van der Waals surface area (Å²) in [5.74, 6) is -0.605. The first kappa shape index (κ1) is 12.7. The highest BCUT2D eigenvalue weighted by Gasteiger charge is 2.11. The molecule has 2 rings (SSSR count). The van der Waals surface area contributed by atoms with Crippen molar-refractivity contribution in [3.05, 3.63) is 47.8 Å². The monoisotopic (exact) mass is 259 g/mol. The highest BCUT2D eigenvalue weighted by atomic mass is 16.3. The van der Waals surface area contributed by atoms with Crippen LogP contribution in [0.25, 0.3) is 0 Å². The van der Waals surface area contributed by atoms with E-state index >= 15 is 0 Å². The van der Waals surface area contributed by atoms with Gasteiger partial charge in [-0.1, -0.05) is 0 Å². The molecule has 98 valence electrons. The number of hydrogen-bond donors (Lipinski definition) is 4. The number of nitrogen functional groups attached to an aromatic ring is 1. The molecular weight excluding hydrogens is 246 g/mol. The first-order chi connectivity index (χ1) is 9.08. The van der Waals surface area contributed by atoms with Gasteiger partial charge in [-0.25, -0.2) is 0 Å². The fourth-order valence-electron chi connectivity index (χ4n) is 1.60. The molecule has 0 spiro atoms. The minimum atomic E-state index is -0.457. The number of anilines is 1. The molecule has 6 nitrogen and oxygen atoms in total. The zero-order valence-corrected chi connectivity index (χ0v) is 10.00. The molecule has 0 radical (unpaired) electrons. The Kier molecular flexibility index (Phi) is 3.51. The lowest BCUT2D eigenvalue weighted by atomic mass is 10.1. The van der Waals surface area contributed by atoms with Gasteiger partial charge in [0.05, 0.1) is 11.8 Å². The minimum Gasteiger partial charge on any atom is -0.508 e. The molecule has 0 unspecified atom stereocenters. The van der Waals surface area contributed by atoms with Gasteiger partial charge in [0, 0.05) is 24.0 Å². The number of aromatic hydroxyl groups is 2. The van der Waals surface area contributed by atoms with Crippen molar-refractivity contribution >= 4 is 11.6 Å². The van der Waals surface area contributed by atoms with Gasteiger partial charge in [0.15, 0.2) is 0 Å². The van der Waals surface area contributed by atoms with Crippen LogP contribution >= 0.6 is 0 Å². The lowest BCUT2D eigenvalue weighted by Gasteiger charge is -2.08. The number of phenolic OH excluding ortho intramolecular Hbond substituents is 1. The molecule has 1 aromatic carbocycles. The molecule has 0 saturated heterocycles.